The zero-order valence-electron chi connectivity index (χ0n) is 13.1. The van der Waals surface area contributed by atoms with E-state index >= 15 is 0 Å². The van der Waals surface area contributed by atoms with Crippen molar-refractivity contribution in [2.45, 2.75) is 44.6 Å². The largest absolute Gasteiger partial charge is 0.313 e. The van der Waals surface area contributed by atoms with E-state index in [0.29, 0.717) is 12.0 Å². The molecule has 1 aliphatic rings. The van der Waals surface area contributed by atoms with Crippen molar-refractivity contribution in [3.05, 3.63) is 70.8 Å². The molecule has 0 saturated carbocycles. The van der Waals surface area contributed by atoms with Crippen LogP contribution in [0.4, 0.5) is 0 Å². The Kier molecular flexibility index (Phi) is 4.40. The topological polar surface area (TPSA) is 12.0 Å². The van der Waals surface area contributed by atoms with Gasteiger partial charge >= 0.3 is 0 Å². The molecule has 0 bridgehead atoms. The van der Waals surface area contributed by atoms with Crippen molar-refractivity contribution in [3.63, 3.8) is 0 Å². The van der Waals surface area contributed by atoms with Crippen molar-refractivity contribution < 1.29 is 0 Å². The van der Waals surface area contributed by atoms with Crippen molar-refractivity contribution in [2.24, 2.45) is 0 Å². The second-order valence-corrected chi connectivity index (χ2v) is 6.28. The maximum Gasteiger partial charge on any atom is 0.0323 e. The first-order chi connectivity index (χ1) is 10.3. The lowest BCUT2D eigenvalue weighted by Gasteiger charge is -2.29. The van der Waals surface area contributed by atoms with Crippen molar-refractivity contribution in [2.75, 3.05) is 7.05 Å². The Morgan fingerprint density at radius 2 is 2.00 bits per heavy atom. The zero-order valence-corrected chi connectivity index (χ0v) is 13.1. The summed E-state index contributed by atoms with van der Waals surface area (Å²) in [5, 5.41) is 3.52. The Morgan fingerprint density at radius 1 is 1.14 bits per heavy atom. The van der Waals surface area contributed by atoms with Crippen LogP contribution in [0.1, 0.15) is 53.5 Å². The van der Waals surface area contributed by atoms with Crippen LogP contribution in [-0.4, -0.2) is 7.05 Å². The lowest BCUT2D eigenvalue weighted by Crippen LogP contribution is -2.21. The fourth-order valence-corrected chi connectivity index (χ4v) is 3.69. The van der Waals surface area contributed by atoms with Gasteiger partial charge in [-0.2, -0.15) is 0 Å². The van der Waals surface area contributed by atoms with E-state index in [-0.39, 0.29) is 0 Å². The minimum absolute atomic E-state index is 0.445. The van der Waals surface area contributed by atoms with Gasteiger partial charge in [0.1, 0.15) is 0 Å². The molecule has 3 rings (SSSR count). The van der Waals surface area contributed by atoms with Gasteiger partial charge in [0.2, 0.25) is 0 Å². The van der Waals surface area contributed by atoms with Gasteiger partial charge in [0.05, 0.1) is 0 Å². The van der Waals surface area contributed by atoms with Crippen LogP contribution in [0.2, 0.25) is 0 Å². The molecule has 1 heteroatoms. The normalized spacial score (nSPS) is 19.0. The molecule has 21 heavy (non-hydrogen) atoms. The molecule has 0 fully saturated rings. The van der Waals surface area contributed by atoms with E-state index in [4.69, 9.17) is 0 Å². The molecule has 2 atom stereocenters. The van der Waals surface area contributed by atoms with Crippen LogP contribution in [0.3, 0.4) is 0 Å². The molecule has 1 nitrogen and oxygen atoms in total. The Morgan fingerprint density at radius 3 is 2.81 bits per heavy atom. The molecular formula is C20H25N. The number of nitrogens with one attached hydrogen (secondary N) is 1. The van der Waals surface area contributed by atoms with E-state index in [1.165, 1.54) is 36.8 Å². The predicted octanol–water partition coefficient (Wildman–Crippen LogP) is 4.77. The Balaban J connectivity index is 1.82. The highest BCUT2D eigenvalue weighted by atomic mass is 14.9. The smallest absolute Gasteiger partial charge is 0.0323 e. The maximum absolute atomic E-state index is 3.52. The van der Waals surface area contributed by atoms with Crippen LogP contribution < -0.4 is 5.32 Å². The first kappa shape index (κ1) is 14.3. The molecule has 1 aliphatic carbocycles. The first-order valence-corrected chi connectivity index (χ1v) is 8.09. The second kappa shape index (κ2) is 6.44. The lowest BCUT2D eigenvalue weighted by atomic mass is 9.78. The summed E-state index contributed by atoms with van der Waals surface area (Å²) in [7, 11) is 2.09. The quantitative estimate of drug-likeness (QED) is 0.850. The molecule has 2 unspecified atom stereocenters. The van der Waals surface area contributed by atoms with Crippen molar-refractivity contribution in [1.29, 1.82) is 0 Å². The number of rotatable bonds is 4. The first-order valence-electron chi connectivity index (χ1n) is 8.09. The molecule has 0 aromatic heterocycles. The number of hydrogen-bond acceptors (Lipinski definition) is 1. The minimum atomic E-state index is 0.445. The standard InChI is InChI=1S/C20H25N/c1-15-7-5-11-18(13-15)20(21-2)14-17-10-6-9-16-8-3-4-12-19(16)17/h3-5,7-8,11-13,17,20-21H,6,9-10,14H2,1-2H3. The highest BCUT2D eigenvalue weighted by Gasteiger charge is 2.23. The van der Waals surface area contributed by atoms with E-state index in [9.17, 15) is 0 Å². The number of aryl methyl sites for hydroxylation is 2. The summed E-state index contributed by atoms with van der Waals surface area (Å²) in [5.74, 6) is 0.688. The van der Waals surface area contributed by atoms with E-state index in [1.54, 1.807) is 11.1 Å². The number of benzene rings is 2. The van der Waals surface area contributed by atoms with Gasteiger partial charge < -0.3 is 5.32 Å². The van der Waals surface area contributed by atoms with E-state index in [2.05, 4.69) is 67.8 Å². The van der Waals surface area contributed by atoms with E-state index < -0.39 is 0 Å². The minimum Gasteiger partial charge on any atom is -0.313 e. The highest BCUT2D eigenvalue weighted by Crippen LogP contribution is 2.37. The fourth-order valence-electron chi connectivity index (χ4n) is 3.69. The van der Waals surface area contributed by atoms with Crippen LogP contribution in [0.15, 0.2) is 48.5 Å². The summed E-state index contributed by atoms with van der Waals surface area (Å²) < 4.78 is 0. The average Bonchev–Trinajstić information content (AvgIpc) is 2.52. The molecule has 0 heterocycles. The third-order valence-electron chi connectivity index (χ3n) is 4.81. The van der Waals surface area contributed by atoms with Crippen LogP contribution in [0.5, 0.6) is 0 Å². The van der Waals surface area contributed by atoms with E-state index in [1.807, 2.05) is 0 Å². The third-order valence-corrected chi connectivity index (χ3v) is 4.81. The number of hydrogen-bond donors (Lipinski definition) is 1. The van der Waals surface area contributed by atoms with Gasteiger partial charge in [0, 0.05) is 6.04 Å². The van der Waals surface area contributed by atoms with Crippen molar-refractivity contribution in [3.8, 4) is 0 Å². The molecule has 0 saturated heterocycles. The Hall–Kier alpha value is -1.60. The van der Waals surface area contributed by atoms with Gasteiger partial charge in [-0.3, -0.25) is 0 Å². The van der Waals surface area contributed by atoms with Crippen molar-refractivity contribution >= 4 is 0 Å². The molecule has 2 aromatic carbocycles. The molecule has 0 aliphatic heterocycles. The SMILES string of the molecule is CNC(CC1CCCc2ccccc21)c1cccc(C)c1. The molecular weight excluding hydrogens is 254 g/mol. The fraction of sp³-hybridized carbons (Fsp3) is 0.400. The molecule has 0 amide bonds. The van der Waals surface area contributed by atoms with Crippen molar-refractivity contribution in [1.82, 2.24) is 5.32 Å². The molecule has 0 radical (unpaired) electrons. The average molecular weight is 279 g/mol. The van der Waals surface area contributed by atoms with Crippen LogP contribution in [-0.2, 0) is 6.42 Å². The summed E-state index contributed by atoms with van der Waals surface area (Å²) in [6.07, 6.45) is 5.09. The molecule has 110 valence electrons. The number of fused-ring (bicyclic) bond motifs is 1. The van der Waals surface area contributed by atoms with Gasteiger partial charge in [0.25, 0.3) is 0 Å². The summed E-state index contributed by atoms with van der Waals surface area (Å²) in [6, 6.07) is 18.4. The lowest BCUT2D eigenvalue weighted by molar-refractivity contribution is 0.440. The molecule has 2 aromatic rings. The van der Waals surface area contributed by atoms with E-state index in [0.717, 1.165) is 0 Å². The highest BCUT2D eigenvalue weighted by molar-refractivity contribution is 5.33. The maximum atomic E-state index is 3.52. The van der Waals surface area contributed by atoms with Gasteiger partial charge in [-0.05, 0) is 62.3 Å². The summed E-state index contributed by atoms with van der Waals surface area (Å²) in [4.78, 5) is 0. The second-order valence-electron chi connectivity index (χ2n) is 6.28. The Bertz CT molecular complexity index is 602. The van der Waals surface area contributed by atoms with Crippen LogP contribution in [0.25, 0.3) is 0 Å². The van der Waals surface area contributed by atoms with Crippen LogP contribution >= 0.6 is 0 Å². The molecule has 1 N–H and O–H groups in total. The summed E-state index contributed by atoms with van der Waals surface area (Å²) >= 11 is 0. The third kappa shape index (κ3) is 3.19. The molecule has 0 spiro atoms. The van der Waals surface area contributed by atoms with Crippen LogP contribution in [0, 0.1) is 6.92 Å². The van der Waals surface area contributed by atoms with Gasteiger partial charge in [-0.1, -0.05) is 54.1 Å². The van der Waals surface area contributed by atoms with Gasteiger partial charge in [-0.25, -0.2) is 0 Å². The van der Waals surface area contributed by atoms with Gasteiger partial charge in [0.15, 0.2) is 0 Å². The summed E-state index contributed by atoms with van der Waals surface area (Å²) in [6.45, 7) is 2.17. The Labute approximate surface area is 128 Å². The monoisotopic (exact) mass is 279 g/mol. The van der Waals surface area contributed by atoms with Gasteiger partial charge in [-0.15, -0.1) is 0 Å². The summed E-state index contributed by atoms with van der Waals surface area (Å²) in [5.41, 5.74) is 5.90. The predicted molar refractivity (Wildman–Crippen MR) is 89.7 cm³/mol. The zero-order chi connectivity index (χ0) is 14.7.